The summed E-state index contributed by atoms with van der Waals surface area (Å²) in [5.41, 5.74) is 1.79. The minimum absolute atomic E-state index is 0.122. The van der Waals surface area contributed by atoms with Crippen LogP contribution in [0.1, 0.15) is 38.7 Å². The highest BCUT2D eigenvalue weighted by Gasteiger charge is 2.33. The number of halogens is 1. The normalized spacial score (nSPS) is 18.4. The molecule has 0 saturated carbocycles. The van der Waals surface area contributed by atoms with Gasteiger partial charge in [0.15, 0.2) is 0 Å². The van der Waals surface area contributed by atoms with E-state index in [0.717, 1.165) is 5.56 Å². The zero-order valence-electron chi connectivity index (χ0n) is 13.0. The van der Waals surface area contributed by atoms with Crippen LogP contribution in [0, 0.1) is 5.92 Å². The molecule has 0 spiro atoms. The number of esters is 1. The van der Waals surface area contributed by atoms with E-state index in [1.165, 1.54) is 0 Å². The van der Waals surface area contributed by atoms with Gasteiger partial charge in [-0.15, -0.1) is 0 Å². The Morgan fingerprint density at radius 2 is 2.09 bits per heavy atom. The summed E-state index contributed by atoms with van der Waals surface area (Å²) < 4.78 is 5.35. The van der Waals surface area contributed by atoms with Crippen LogP contribution in [0.15, 0.2) is 35.5 Å². The Kier molecular flexibility index (Phi) is 5.24. The molecule has 1 aliphatic heterocycles. The number of carbonyl (C=O) groups is 2. The van der Waals surface area contributed by atoms with Crippen LogP contribution in [-0.4, -0.2) is 18.5 Å². The fourth-order valence-corrected chi connectivity index (χ4v) is 2.78. The average Bonchev–Trinajstić information content (AvgIpc) is 2.44. The van der Waals surface area contributed by atoms with Gasteiger partial charge >= 0.3 is 5.97 Å². The second-order valence-corrected chi connectivity index (χ2v) is 6.26. The van der Waals surface area contributed by atoms with Crippen LogP contribution in [0.5, 0.6) is 0 Å². The fraction of sp³-hybridized carbons (Fsp3) is 0.412. The molecule has 2 rings (SSSR count). The molecule has 1 aromatic carbocycles. The van der Waals surface area contributed by atoms with Crippen molar-refractivity contribution in [2.45, 2.75) is 33.1 Å². The summed E-state index contributed by atoms with van der Waals surface area (Å²) in [6.07, 6.45) is 0.188. The smallest absolute Gasteiger partial charge is 0.336 e. The second kappa shape index (κ2) is 6.97. The Morgan fingerprint density at radius 3 is 2.73 bits per heavy atom. The van der Waals surface area contributed by atoms with Gasteiger partial charge in [-0.3, -0.25) is 4.79 Å². The highest BCUT2D eigenvalue weighted by atomic mass is 35.5. The quantitative estimate of drug-likeness (QED) is 0.865. The molecule has 0 unspecified atom stereocenters. The molecule has 0 fully saturated rings. The van der Waals surface area contributed by atoms with Crippen LogP contribution in [0.25, 0.3) is 0 Å². The van der Waals surface area contributed by atoms with Crippen molar-refractivity contribution in [3.05, 3.63) is 46.1 Å². The van der Waals surface area contributed by atoms with Crippen LogP contribution in [-0.2, 0) is 14.3 Å². The minimum atomic E-state index is -0.392. The highest BCUT2D eigenvalue weighted by Crippen LogP contribution is 2.36. The van der Waals surface area contributed by atoms with Gasteiger partial charge in [-0.05, 0) is 24.5 Å². The van der Waals surface area contributed by atoms with E-state index in [-0.39, 0.29) is 24.2 Å². The minimum Gasteiger partial charge on any atom is -0.462 e. The number of amides is 1. The van der Waals surface area contributed by atoms with Crippen molar-refractivity contribution in [3.63, 3.8) is 0 Å². The number of hydrogen-bond donors (Lipinski definition) is 1. The van der Waals surface area contributed by atoms with Gasteiger partial charge in [-0.2, -0.15) is 0 Å². The largest absolute Gasteiger partial charge is 0.462 e. The lowest BCUT2D eigenvalue weighted by atomic mass is 9.84. The summed E-state index contributed by atoms with van der Waals surface area (Å²) in [6, 6.07) is 7.27. The first-order valence-corrected chi connectivity index (χ1v) is 7.70. The summed E-state index contributed by atoms with van der Waals surface area (Å²) in [6.45, 7) is 6.01. The Balaban J connectivity index is 2.37. The van der Waals surface area contributed by atoms with Crippen LogP contribution in [0.4, 0.5) is 0 Å². The van der Waals surface area contributed by atoms with Gasteiger partial charge in [-0.1, -0.05) is 43.6 Å². The maximum Gasteiger partial charge on any atom is 0.336 e. The molecule has 1 heterocycles. The number of ether oxygens (including phenoxy) is 1. The third-order valence-corrected chi connectivity index (χ3v) is 3.86. The second-order valence-electron chi connectivity index (χ2n) is 5.86. The molecular formula is C17H20ClNO3. The standard InChI is InChI=1S/C17H20ClNO3/c1-10(2)9-22-17(21)16-11(3)19-15(20)8-13(16)12-6-4-5-7-14(12)18/h4-7,10,13H,8-9H2,1-3H3,(H,19,20)/t13-/m1/s1. The summed E-state index contributed by atoms with van der Waals surface area (Å²) in [7, 11) is 0. The Labute approximate surface area is 135 Å². The van der Waals surface area contributed by atoms with Gasteiger partial charge < -0.3 is 10.1 Å². The molecule has 0 aromatic heterocycles. The molecule has 1 aromatic rings. The molecule has 1 atom stereocenters. The molecule has 0 saturated heterocycles. The van der Waals surface area contributed by atoms with Gasteiger partial charge in [0.1, 0.15) is 0 Å². The van der Waals surface area contributed by atoms with E-state index < -0.39 is 5.97 Å². The third kappa shape index (κ3) is 3.69. The topological polar surface area (TPSA) is 55.4 Å². The molecular weight excluding hydrogens is 302 g/mol. The molecule has 22 heavy (non-hydrogen) atoms. The van der Waals surface area contributed by atoms with Crippen molar-refractivity contribution in [2.24, 2.45) is 5.92 Å². The Bertz CT molecular complexity index is 622. The van der Waals surface area contributed by atoms with Gasteiger partial charge in [-0.25, -0.2) is 4.79 Å². The van der Waals surface area contributed by atoms with Crippen molar-refractivity contribution in [1.29, 1.82) is 0 Å². The van der Waals surface area contributed by atoms with Crippen molar-refractivity contribution in [1.82, 2.24) is 5.32 Å². The van der Waals surface area contributed by atoms with Crippen molar-refractivity contribution >= 4 is 23.5 Å². The number of nitrogens with one attached hydrogen (secondary N) is 1. The lowest BCUT2D eigenvalue weighted by molar-refractivity contribution is -0.140. The van der Waals surface area contributed by atoms with Gasteiger partial charge in [0, 0.05) is 23.1 Å². The summed E-state index contributed by atoms with van der Waals surface area (Å²) in [5.74, 6) is -0.636. The van der Waals surface area contributed by atoms with E-state index in [0.29, 0.717) is 22.9 Å². The van der Waals surface area contributed by atoms with E-state index in [1.54, 1.807) is 13.0 Å². The van der Waals surface area contributed by atoms with Crippen molar-refractivity contribution in [2.75, 3.05) is 6.61 Å². The molecule has 1 aliphatic rings. The fourth-order valence-electron chi connectivity index (χ4n) is 2.51. The van der Waals surface area contributed by atoms with Crippen molar-refractivity contribution < 1.29 is 14.3 Å². The SMILES string of the molecule is CC1=C(C(=O)OCC(C)C)[C@@H](c2ccccc2Cl)CC(=O)N1. The lowest BCUT2D eigenvalue weighted by Crippen LogP contribution is -2.34. The summed E-state index contributed by atoms with van der Waals surface area (Å²) in [4.78, 5) is 24.3. The van der Waals surface area contributed by atoms with Crippen LogP contribution < -0.4 is 5.32 Å². The summed E-state index contributed by atoms with van der Waals surface area (Å²) in [5, 5.41) is 3.26. The van der Waals surface area contributed by atoms with Gasteiger partial charge in [0.05, 0.1) is 12.2 Å². The molecule has 1 N–H and O–H groups in total. The molecule has 0 radical (unpaired) electrons. The molecule has 1 amide bonds. The van der Waals surface area contributed by atoms with Crippen LogP contribution in [0.2, 0.25) is 5.02 Å². The summed E-state index contributed by atoms with van der Waals surface area (Å²) >= 11 is 6.24. The zero-order chi connectivity index (χ0) is 16.3. The zero-order valence-corrected chi connectivity index (χ0v) is 13.7. The molecule has 5 heteroatoms. The molecule has 0 aliphatic carbocycles. The monoisotopic (exact) mass is 321 g/mol. The first-order valence-electron chi connectivity index (χ1n) is 7.32. The number of allylic oxidation sites excluding steroid dienone is 1. The number of carbonyl (C=O) groups excluding carboxylic acids is 2. The maximum atomic E-state index is 12.4. The average molecular weight is 322 g/mol. The van der Waals surface area contributed by atoms with E-state index >= 15 is 0 Å². The van der Waals surface area contributed by atoms with E-state index in [2.05, 4.69) is 5.32 Å². The van der Waals surface area contributed by atoms with E-state index in [9.17, 15) is 9.59 Å². The molecule has 0 bridgehead atoms. The first-order chi connectivity index (χ1) is 10.4. The highest BCUT2D eigenvalue weighted by molar-refractivity contribution is 6.31. The Hall–Kier alpha value is -1.81. The van der Waals surface area contributed by atoms with Gasteiger partial charge in [0.25, 0.3) is 0 Å². The third-order valence-electron chi connectivity index (χ3n) is 3.52. The number of rotatable bonds is 4. The van der Waals surface area contributed by atoms with Crippen LogP contribution in [0.3, 0.4) is 0 Å². The predicted octanol–water partition coefficient (Wildman–Crippen LogP) is 3.42. The maximum absolute atomic E-state index is 12.4. The van der Waals surface area contributed by atoms with E-state index in [1.807, 2.05) is 32.0 Å². The molecule has 4 nitrogen and oxygen atoms in total. The van der Waals surface area contributed by atoms with Gasteiger partial charge in [0.2, 0.25) is 5.91 Å². The predicted molar refractivity (Wildman–Crippen MR) is 85.4 cm³/mol. The lowest BCUT2D eigenvalue weighted by Gasteiger charge is -2.27. The van der Waals surface area contributed by atoms with E-state index in [4.69, 9.17) is 16.3 Å². The number of benzene rings is 1. The Morgan fingerprint density at radius 1 is 1.41 bits per heavy atom. The number of hydrogen-bond acceptors (Lipinski definition) is 3. The van der Waals surface area contributed by atoms with Crippen LogP contribution >= 0.6 is 11.6 Å². The molecule has 118 valence electrons. The van der Waals surface area contributed by atoms with Crippen molar-refractivity contribution in [3.8, 4) is 0 Å². The first kappa shape index (κ1) is 16.6.